The molecule has 122 valence electrons. The molecule has 4 N–H and O–H groups in total. The Kier molecular flexibility index (Phi) is 8.64. The van der Waals surface area contributed by atoms with E-state index in [9.17, 15) is 4.39 Å². The fourth-order valence-electron chi connectivity index (χ4n) is 1.51. The summed E-state index contributed by atoms with van der Waals surface area (Å²) in [6.07, 6.45) is 0.862. The molecule has 0 unspecified atom stereocenters. The molecular formula is C14H21FN4OS2. The van der Waals surface area contributed by atoms with Gasteiger partial charge in [0.1, 0.15) is 5.82 Å². The summed E-state index contributed by atoms with van der Waals surface area (Å²) in [6.45, 7) is 5.77. The fraction of sp³-hybridized carbons (Fsp3) is 0.429. The van der Waals surface area contributed by atoms with Gasteiger partial charge < -0.3 is 15.4 Å². The first-order valence-corrected chi connectivity index (χ1v) is 7.79. The molecule has 0 aliphatic heterocycles. The van der Waals surface area contributed by atoms with Gasteiger partial charge >= 0.3 is 0 Å². The molecule has 0 saturated heterocycles. The minimum Gasteiger partial charge on any atom is -0.382 e. The Hall–Kier alpha value is -1.51. The first-order valence-electron chi connectivity index (χ1n) is 6.97. The second kappa shape index (κ2) is 10.3. The van der Waals surface area contributed by atoms with Crippen LogP contribution in [0.2, 0.25) is 0 Å². The number of hydrazine groups is 1. The van der Waals surface area contributed by atoms with E-state index in [0.717, 1.165) is 6.42 Å². The Balaban J connectivity index is 2.22. The monoisotopic (exact) mass is 344 g/mol. The third-order valence-corrected chi connectivity index (χ3v) is 3.12. The van der Waals surface area contributed by atoms with E-state index >= 15 is 0 Å². The van der Waals surface area contributed by atoms with Crippen LogP contribution in [0.15, 0.2) is 18.2 Å². The highest BCUT2D eigenvalue weighted by Gasteiger charge is 2.02. The molecule has 0 aromatic heterocycles. The molecule has 1 rings (SSSR count). The van der Waals surface area contributed by atoms with Crippen LogP contribution in [0, 0.1) is 12.7 Å². The number of hydrogen-bond donors (Lipinski definition) is 4. The van der Waals surface area contributed by atoms with Crippen molar-refractivity contribution in [1.82, 2.24) is 16.2 Å². The van der Waals surface area contributed by atoms with Gasteiger partial charge in [-0.1, -0.05) is 6.07 Å². The summed E-state index contributed by atoms with van der Waals surface area (Å²) in [5.74, 6) is -0.285. The number of hydrogen-bond acceptors (Lipinski definition) is 3. The van der Waals surface area contributed by atoms with E-state index in [1.54, 1.807) is 19.1 Å². The summed E-state index contributed by atoms with van der Waals surface area (Å²) >= 11 is 10.2. The van der Waals surface area contributed by atoms with Gasteiger partial charge in [0.2, 0.25) is 0 Å². The molecule has 8 heteroatoms. The number of nitrogens with one attached hydrogen (secondary N) is 4. The highest BCUT2D eigenvalue weighted by atomic mass is 32.1. The summed E-state index contributed by atoms with van der Waals surface area (Å²) in [6, 6.07) is 4.81. The largest absolute Gasteiger partial charge is 0.382 e. The van der Waals surface area contributed by atoms with Gasteiger partial charge in [-0.05, 0) is 62.4 Å². The summed E-state index contributed by atoms with van der Waals surface area (Å²) in [5.41, 5.74) is 6.63. The lowest BCUT2D eigenvalue weighted by Gasteiger charge is -2.14. The summed E-state index contributed by atoms with van der Waals surface area (Å²) in [5, 5.41) is 6.59. The van der Waals surface area contributed by atoms with Crippen molar-refractivity contribution in [2.24, 2.45) is 0 Å². The third-order valence-electron chi connectivity index (χ3n) is 2.67. The Morgan fingerprint density at radius 2 is 1.95 bits per heavy atom. The van der Waals surface area contributed by atoms with Crippen molar-refractivity contribution >= 4 is 40.3 Å². The first-order chi connectivity index (χ1) is 10.5. The molecule has 1 aromatic carbocycles. The lowest BCUT2D eigenvalue weighted by molar-refractivity contribution is 0.145. The molecule has 0 fully saturated rings. The zero-order valence-electron chi connectivity index (χ0n) is 12.7. The van der Waals surface area contributed by atoms with Crippen LogP contribution in [0.3, 0.4) is 0 Å². The van der Waals surface area contributed by atoms with Crippen molar-refractivity contribution in [2.75, 3.05) is 25.1 Å². The molecule has 5 nitrogen and oxygen atoms in total. The molecule has 1 aromatic rings. The molecule has 0 saturated carbocycles. The topological polar surface area (TPSA) is 57.4 Å². The van der Waals surface area contributed by atoms with Crippen LogP contribution in [-0.4, -0.2) is 30.0 Å². The smallest absolute Gasteiger partial charge is 0.189 e. The minimum absolute atomic E-state index is 0.285. The maximum Gasteiger partial charge on any atom is 0.189 e. The zero-order chi connectivity index (χ0) is 16.4. The highest BCUT2D eigenvalue weighted by Crippen LogP contribution is 2.13. The number of anilines is 1. The lowest BCUT2D eigenvalue weighted by atomic mass is 10.2. The number of halogens is 1. The van der Waals surface area contributed by atoms with E-state index in [2.05, 4.69) is 21.5 Å². The Morgan fingerprint density at radius 3 is 2.64 bits per heavy atom. The summed E-state index contributed by atoms with van der Waals surface area (Å²) in [4.78, 5) is 0. The lowest BCUT2D eigenvalue weighted by Crippen LogP contribution is -2.48. The third kappa shape index (κ3) is 7.48. The van der Waals surface area contributed by atoms with Crippen LogP contribution in [0.25, 0.3) is 0 Å². The Morgan fingerprint density at radius 1 is 1.23 bits per heavy atom. The number of aryl methyl sites for hydroxylation is 1. The second-order valence-corrected chi connectivity index (χ2v) is 5.29. The van der Waals surface area contributed by atoms with Gasteiger partial charge in [-0.25, -0.2) is 4.39 Å². The standard InChI is InChI=1S/C14H21FN4OS2/c1-3-20-8-4-7-16-13(21)18-19-14(22)17-11-6-5-10(2)12(15)9-11/h5-6,9H,3-4,7-8H2,1-2H3,(H2,16,18,21)(H2,17,19,22). The predicted octanol–water partition coefficient (Wildman–Crippen LogP) is 2.23. The molecular weight excluding hydrogens is 323 g/mol. The van der Waals surface area contributed by atoms with E-state index in [4.69, 9.17) is 29.2 Å². The number of thiocarbonyl (C=S) groups is 2. The van der Waals surface area contributed by atoms with Crippen molar-refractivity contribution < 1.29 is 9.13 Å². The number of rotatable bonds is 6. The van der Waals surface area contributed by atoms with E-state index in [1.807, 2.05) is 6.92 Å². The van der Waals surface area contributed by atoms with Crippen LogP contribution >= 0.6 is 24.4 Å². The maximum atomic E-state index is 13.4. The molecule has 0 radical (unpaired) electrons. The quantitative estimate of drug-likeness (QED) is 0.359. The molecule has 0 heterocycles. The van der Waals surface area contributed by atoms with Gasteiger partial charge in [0.25, 0.3) is 0 Å². The second-order valence-electron chi connectivity index (χ2n) is 4.47. The van der Waals surface area contributed by atoms with Crippen molar-refractivity contribution in [3.05, 3.63) is 29.6 Å². The molecule has 0 aliphatic rings. The molecule has 0 amide bonds. The van der Waals surface area contributed by atoms with Crippen LogP contribution in [-0.2, 0) is 4.74 Å². The van der Waals surface area contributed by atoms with Crippen molar-refractivity contribution in [1.29, 1.82) is 0 Å². The van der Waals surface area contributed by atoms with Gasteiger partial charge in [-0.3, -0.25) is 10.9 Å². The number of benzene rings is 1. The van der Waals surface area contributed by atoms with E-state index in [0.29, 0.717) is 41.2 Å². The van der Waals surface area contributed by atoms with Crippen molar-refractivity contribution in [2.45, 2.75) is 20.3 Å². The summed E-state index contributed by atoms with van der Waals surface area (Å²) in [7, 11) is 0. The maximum absolute atomic E-state index is 13.4. The van der Waals surface area contributed by atoms with Gasteiger partial charge in [0.15, 0.2) is 10.2 Å². The van der Waals surface area contributed by atoms with E-state index < -0.39 is 0 Å². The van der Waals surface area contributed by atoms with Crippen LogP contribution in [0.4, 0.5) is 10.1 Å². The highest BCUT2D eigenvalue weighted by molar-refractivity contribution is 7.80. The molecule has 0 atom stereocenters. The zero-order valence-corrected chi connectivity index (χ0v) is 14.3. The molecule has 0 bridgehead atoms. The average molecular weight is 344 g/mol. The van der Waals surface area contributed by atoms with Crippen LogP contribution < -0.4 is 21.5 Å². The van der Waals surface area contributed by atoms with E-state index in [1.165, 1.54) is 6.07 Å². The van der Waals surface area contributed by atoms with E-state index in [-0.39, 0.29) is 5.82 Å². The van der Waals surface area contributed by atoms with Gasteiger partial charge in [0, 0.05) is 25.4 Å². The molecule has 0 spiro atoms. The van der Waals surface area contributed by atoms with Gasteiger partial charge in [0.05, 0.1) is 0 Å². The predicted molar refractivity (Wildman–Crippen MR) is 95.3 cm³/mol. The fourth-order valence-corrected chi connectivity index (χ4v) is 1.83. The first kappa shape index (κ1) is 18.5. The Bertz CT molecular complexity index is 514. The normalized spacial score (nSPS) is 9.95. The minimum atomic E-state index is -0.285. The number of ether oxygens (including phenoxy) is 1. The van der Waals surface area contributed by atoms with Crippen molar-refractivity contribution in [3.63, 3.8) is 0 Å². The summed E-state index contributed by atoms with van der Waals surface area (Å²) < 4.78 is 18.6. The average Bonchev–Trinajstić information content (AvgIpc) is 2.49. The molecule has 0 aliphatic carbocycles. The van der Waals surface area contributed by atoms with Crippen LogP contribution in [0.5, 0.6) is 0 Å². The van der Waals surface area contributed by atoms with Gasteiger partial charge in [-0.2, -0.15) is 0 Å². The SMILES string of the molecule is CCOCCCNC(=S)NNC(=S)Nc1ccc(C)c(F)c1. The van der Waals surface area contributed by atoms with Crippen LogP contribution in [0.1, 0.15) is 18.9 Å². The van der Waals surface area contributed by atoms with Crippen molar-refractivity contribution in [3.8, 4) is 0 Å². The van der Waals surface area contributed by atoms with Gasteiger partial charge in [-0.15, -0.1) is 0 Å². The molecule has 22 heavy (non-hydrogen) atoms. The Labute approximate surface area is 141 Å².